The molecule has 0 heterocycles. The van der Waals surface area contributed by atoms with Gasteiger partial charge in [-0.25, -0.2) is 4.79 Å². The summed E-state index contributed by atoms with van der Waals surface area (Å²) in [6.45, 7) is 10.1. The summed E-state index contributed by atoms with van der Waals surface area (Å²) in [5.41, 5.74) is 6.32. The lowest BCUT2D eigenvalue weighted by molar-refractivity contribution is 0.0831. The minimum Gasteiger partial charge on any atom is -0.351 e. The van der Waals surface area contributed by atoms with E-state index in [0.717, 1.165) is 32.2 Å². The number of primary amides is 1. The molecule has 0 atom stereocenters. The molecule has 0 aliphatic rings. The Hall–Kier alpha value is -0.990. The molecule has 0 spiro atoms. The Morgan fingerprint density at radius 1 is 0.333 bits per heavy atom. The van der Waals surface area contributed by atoms with Crippen LogP contribution in [0.4, 0.5) is 4.79 Å². The van der Waals surface area contributed by atoms with Gasteiger partial charge < -0.3 is 10.6 Å². The molecule has 2 N–H and O–H groups in total. The highest BCUT2D eigenvalue weighted by Crippen LogP contribution is 2.36. The molecule has 0 aromatic carbocycles. The third-order valence-electron chi connectivity index (χ3n) is 14.0. The number of allylic oxidation sites excluding steroid dienone is 2. The first-order valence-electron chi connectivity index (χ1n) is 28.3. The standard InChI is InChI=1S/C57H114N2O/c1-5-9-13-17-20-23-26-29-32-35-38-41-44-47-50-54-57(59(56(58)60)55-51-16-12-8-4,52-48-45-42-39-36-33-30-27-24-21-18-14-10-6-2)53-49-46-43-40-37-34-31-28-25-22-19-15-11-7-3/h29,32H,5-28,30-31,33-55H2,1-4H3,(H2,58,60)/b32-29-. The lowest BCUT2D eigenvalue weighted by Gasteiger charge is -2.44. The number of carbonyl (C=O) groups is 1. The molecule has 0 bridgehead atoms. The molecule has 0 aliphatic carbocycles. The van der Waals surface area contributed by atoms with Crippen molar-refractivity contribution in [3.05, 3.63) is 12.2 Å². The summed E-state index contributed by atoms with van der Waals surface area (Å²) in [6, 6.07) is -0.144. The second-order valence-corrected chi connectivity index (χ2v) is 19.8. The van der Waals surface area contributed by atoms with Crippen molar-refractivity contribution in [2.45, 2.75) is 341 Å². The minimum absolute atomic E-state index is 0.0500. The number of urea groups is 1. The molecule has 0 rings (SSSR count). The zero-order valence-corrected chi connectivity index (χ0v) is 42.2. The molecular formula is C57H114N2O. The smallest absolute Gasteiger partial charge is 0.315 e. The predicted octanol–water partition coefficient (Wildman–Crippen LogP) is 20.5. The highest BCUT2D eigenvalue weighted by molar-refractivity contribution is 5.73. The molecule has 0 saturated heterocycles. The Morgan fingerprint density at radius 3 is 0.800 bits per heavy atom. The largest absolute Gasteiger partial charge is 0.351 e. The van der Waals surface area contributed by atoms with Crippen LogP contribution in [0, 0.1) is 0 Å². The van der Waals surface area contributed by atoms with Crippen molar-refractivity contribution >= 4 is 6.03 Å². The fourth-order valence-electron chi connectivity index (χ4n) is 9.88. The van der Waals surface area contributed by atoms with Crippen LogP contribution in [0.15, 0.2) is 12.2 Å². The molecule has 0 saturated carbocycles. The number of amides is 2. The Morgan fingerprint density at radius 2 is 0.550 bits per heavy atom. The van der Waals surface area contributed by atoms with Crippen molar-refractivity contribution in [3.63, 3.8) is 0 Å². The third kappa shape index (κ3) is 39.8. The van der Waals surface area contributed by atoms with Crippen LogP contribution in [0.3, 0.4) is 0 Å². The average molecular weight is 844 g/mol. The van der Waals surface area contributed by atoms with Crippen molar-refractivity contribution in [1.82, 2.24) is 4.90 Å². The van der Waals surface area contributed by atoms with Gasteiger partial charge >= 0.3 is 6.03 Å². The number of hydrogen-bond acceptors (Lipinski definition) is 1. The van der Waals surface area contributed by atoms with E-state index >= 15 is 0 Å². The van der Waals surface area contributed by atoms with E-state index < -0.39 is 0 Å². The molecule has 0 radical (unpaired) electrons. The van der Waals surface area contributed by atoms with Crippen LogP contribution in [-0.4, -0.2) is 23.0 Å². The number of rotatable bonds is 51. The van der Waals surface area contributed by atoms with Crippen molar-refractivity contribution in [3.8, 4) is 0 Å². The second-order valence-electron chi connectivity index (χ2n) is 19.8. The summed E-state index contributed by atoms with van der Waals surface area (Å²) in [5.74, 6) is 0. The fourth-order valence-corrected chi connectivity index (χ4v) is 9.88. The predicted molar refractivity (Wildman–Crippen MR) is 272 cm³/mol. The Labute approximate surface area is 380 Å². The zero-order chi connectivity index (χ0) is 43.7. The Bertz CT molecular complexity index is 821. The number of hydrogen-bond donors (Lipinski definition) is 1. The number of nitrogens with two attached hydrogens (primary N) is 1. The Balaban J connectivity index is 5.10. The van der Waals surface area contributed by atoms with E-state index in [1.54, 1.807) is 0 Å². The summed E-state index contributed by atoms with van der Waals surface area (Å²) >= 11 is 0. The van der Waals surface area contributed by atoms with E-state index in [9.17, 15) is 4.79 Å². The van der Waals surface area contributed by atoms with E-state index in [4.69, 9.17) is 5.73 Å². The molecule has 0 fully saturated rings. The van der Waals surface area contributed by atoms with Gasteiger partial charge in [0.05, 0.1) is 0 Å². The summed E-state index contributed by atoms with van der Waals surface area (Å²) in [4.78, 5) is 15.6. The van der Waals surface area contributed by atoms with Crippen molar-refractivity contribution in [1.29, 1.82) is 0 Å². The van der Waals surface area contributed by atoms with Crippen molar-refractivity contribution < 1.29 is 4.79 Å². The molecule has 60 heavy (non-hydrogen) atoms. The van der Waals surface area contributed by atoms with E-state index in [1.807, 2.05) is 0 Å². The van der Waals surface area contributed by atoms with Gasteiger partial charge in [0.25, 0.3) is 0 Å². The maximum atomic E-state index is 13.4. The summed E-state index contributed by atoms with van der Waals surface area (Å²) in [6.07, 6.45) is 69.5. The SMILES string of the molecule is CCCCCCCC/C=C\CCCCCCCC(CCCCCCCCCCCCCCCC)(CCCCCCCCCCCCCCCC)N(CCCCCC)C(N)=O. The number of nitrogens with zero attached hydrogens (tertiary/aromatic N) is 1. The van der Waals surface area contributed by atoms with Crippen LogP contribution in [0.5, 0.6) is 0 Å². The maximum Gasteiger partial charge on any atom is 0.315 e. The highest BCUT2D eigenvalue weighted by atomic mass is 16.2. The minimum atomic E-state index is -0.144. The normalized spacial score (nSPS) is 12.0. The van der Waals surface area contributed by atoms with Gasteiger partial charge in [0.15, 0.2) is 0 Å². The maximum absolute atomic E-state index is 13.4. The van der Waals surface area contributed by atoms with E-state index in [2.05, 4.69) is 44.7 Å². The molecule has 0 unspecified atom stereocenters. The molecule has 3 nitrogen and oxygen atoms in total. The van der Waals surface area contributed by atoms with Crippen molar-refractivity contribution in [2.24, 2.45) is 5.73 Å². The van der Waals surface area contributed by atoms with Crippen molar-refractivity contribution in [2.75, 3.05) is 6.54 Å². The van der Waals surface area contributed by atoms with Crippen LogP contribution in [0.1, 0.15) is 336 Å². The van der Waals surface area contributed by atoms with Crippen LogP contribution in [-0.2, 0) is 0 Å². The van der Waals surface area contributed by atoms with Gasteiger partial charge in [0, 0.05) is 12.1 Å². The van der Waals surface area contributed by atoms with Gasteiger partial charge in [-0.3, -0.25) is 0 Å². The molecule has 358 valence electrons. The Kier molecular flexibility index (Phi) is 48.2. The first-order chi connectivity index (χ1) is 29.6. The topological polar surface area (TPSA) is 46.3 Å². The lowest BCUT2D eigenvalue weighted by atomic mass is 9.80. The number of unbranched alkanes of at least 4 members (excludes halogenated alkanes) is 40. The van der Waals surface area contributed by atoms with E-state index in [-0.39, 0.29) is 11.6 Å². The summed E-state index contributed by atoms with van der Waals surface area (Å²) in [7, 11) is 0. The van der Waals surface area contributed by atoms with Crippen LogP contribution in [0.25, 0.3) is 0 Å². The molecule has 2 amide bonds. The molecule has 3 heteroatoms. The molecule has 0 aromatic heterocycles. The summed E-state index contributed by atoms with van der Waals surface area (Å²) in [5, 5.41) is 0. The first-order valence-corrected chi connectivity index (χ1v) is 28.3. The van der Waals surface area contributed by atoms with Gasteiger partial charge in [-0.2, -0.15) is 0 Å². The molecule has 0 aromatic rings. The first kappa shape index (κ1) is 59.0. The van der Waals surface area contributed by atoms with Crippen LogP contribution in [0.2, 0.25) is 0 Å². The van der Waals surface area contributed by atoms with Crippen LogP contribution < -0.4 is 5.73 Å². The molecule has 0 aliphatic heterocycles. The third-order valence-corrected chi connectivity index (χ3v) is 14.0. The monoisotopic (exact) mass is 843 g/mol. The van der Waals surface area contributed by atoms with Gasteiger partial charge in [-0.05, 0) is 51.4 Å². The van der Waals surface area contributed by atoms with Crippen LogP contribution >= 0.6 is 0 Å². The fraction of sp³-hybridized carbons (Fsp3) is 0.947. The summed E-state index contributed by atoms with van der Waals surface area (Å²) < 4.78 is 0. The average Bonchev–Trinajstić information content (AvgIpc) is 3.24. The quantitative estimate of drug-likeness (QED) is 0.0481. The van der Waals surface area contributed by atoms with Gasteiger partial charge in [0.1, 0.15) is 0 Å². The zero-order valence-electron chi connectivity index (χ0n) is 42.2. The highest BCUT2D eigenvalue weighted by Gasteiger charge is 2.37. The van der Waals surface area contributed by atoms with E-state index in [0.29, 0.717) is 0 Å². The van der Waals surface area contributed by atoms with Gasteiger partial charge in [0.2, 0.25) is 0 Å². The van der Waals surface area contributed by atoms with E-state index in [1.165, 1.54) is 283 Å². The van der Waals surface area contributed by atoms with Gasteiger partial charge in [-0.15, -0.1) is 0 Å². The van der Waals surface area contributed by atoms with Gasteiger partial charge in [-0.1, -0.05) is 297 Å². The number of carbonyl (C=O) groups excluding carboxylic acids is 1. The second kappa shape index (κ2) is 49.0. The molecular weight excluding hydrogens is 729 g/mol. The lowest BCUT2D eigenvalue weighted by Crippen LogP contribution is -2.54.